The molecule has 1 aromatic heterocycles. The predicted molar refractivity (Wildman–Crippen MR) is 117 cm³/mol. The number of likely N-dealkylation sites (N-methyl/N-ethyl adjacent to an activating group) is 1. The van der Waals surface area contributed by atoms with E-state index >= 15 is 0 Å². The number of benzene rings is 2. The molecule has 0 spiro atoms. The molecule has 0 fully saturated rings. The van der Waals surface area contributed by atoms with Crippen molar-refractivity contribution in [2.75, 3.05) is 13.6 Å². The van der Waals surface area contributed by atoms with Crippen LogP contribution in [0.5, 0.6) is 0 Å². The molecule has 0 unspecified atom stereocenters. The highest BCUT2D eigenvalue weighted by molar-refractivity contribution is 7.91. The van der Waals surface area contributed by atoms with E-state index < -0.39 is 10.0 Å². The highest BCUT2D eigenvalue weighted by Gasteiger charge is 2.20. The Kier molecular flexibility index (Phi) is 6.86. The summed E-state index contributed by atoms with van der Waals surface area (Å²) in [4.78, 5) is 25.7. The molecule has 7 nitrogen and oxygen atoms in total. The molecule has 0 saturated heterocycles. The third-order valence-electron chi connectivity index (χ3n) is 4.54. The van der Waals surface area contributed by atoms with Gasteiger partial charge in [-0.3, -0.25) is 9.59 Å². The summed E-state index contributed by atoms with van der Waals surface area (Å²) in [6.07, 6.45) is 0. The van der Waals surface area contributed by atoms with E-state index in [1.54, 1.807) is 13.1 Å². The minimum absolute atomic E-state index is 0.104. The van der Waals surface area contributed by atoms with E-state index in [2.05, 4.69) is 10.0 Å². The number of thiophene rings is 1. The normalized spacial score (nSPS) is 11.4. The van der Waals surface area contributed by atoms with Crippen LogP contribution in [0.2, 0.25) is 0 Å². The highest BCUT2D eigenvalue weighted by atomic mass is 32.2. The zero-order chi connectivity index (χ0) is 21.7. The number of hydrogen-bond donors (Lipinski definition) is 2. The predicted octanol–water partition coefficient (Wildman–Crippen LogP) is 2.47. The van der Waals surface area contributed by atoms with Crippen LogP contribution in [-0.2, 0) is 32.7 Å². The molecule has 158 valence electrons. The molecule has 3 aromatic rings. The van der Waals surface area contributed by atoms with E-state index in [1.165, 1.54) is 17.9 Å². The third-order valence-corrected chi connectivity index (χ3v) is 7.52. The lowest BCUT2D eigenvalue weighted by Gasteiger charge is -2.18. The van der Waals surface area contributed by atoms with Crippen LogP contribution >= 0.6 is 11.3 Å². The first-order valence-electron chi connectivity index (χ1n) is 9.29. The summed E-state index contributed by atoms with van der Waals surface area (Å²) in [6.45, 7) is 1.71. The van der Waals surface area contributed by atoms with Crippen molar-refractivity contribution < 1.29 is 18.0 Å². The average Bonchev–Trinajstić information content (AvgIpc) is 3.21. The van der Waals surface area contributed by atoms with Crippen LogP contribution in [0.1, 0.15) is 17.4 Å². The lowest BCUT2D eigenvalue weighted by Crippen LogP contribution is -2.37. The van der Waals surface area contributed by atoms with Crippen LogP contribution in [0.15, 0.2) is 58.8 Å². The third kappa shape index (κ3) is 5.44. The standard InChI is InChI=1S/C21H23N3O4S2/c1-15(25)22-12-18-10-11-21(29-18)30(27,28)23-13-20(26)24(2)14-17-8-5-7-16-6-3-4-9-19(16)17/h3-11,23H,12-14H2,1-2H3,(H,22,25). The zero-order valence-electron chi connectivity index (χ0n) is 16.7. The van der Waals surface area contributed by atoms with Gasteiger partial charge in [-0.15, -0.1) is 11.3 Å². The molecule has 0 aliphatic carbocycles. The van der Waals surface area contributed by atoms with Gasteiger partial charge in [0.15, 0.2) is 0 Å². The monoisotopic (exact) mass is 445 g/mol. The second-order valence-corrected chi connectivity index (χ2v) is 10.0. The molecule has 2 N–H and O–H groups in total. The van der Waals surface area contributed by atoms with Crippen molar-refractivity contribution in [2.24, 2.45) is 0 Å². The van der Waals surface area contributed by atoms with Gasteiger partial charge in [0.25, 0.3) is 10.0 Å². The van der Waals surface area contributed by atoms with Gasteiger partial charge in [0, 0.05) is 25.4 Å². The van der Waals surface area contributed by atoms with E-state index in [1.807, 2.05) is 42.5 Å². The van der Waals surface area contributed by atoms with E-state index in [4.69, 9.17) is 0 Å². The fraction of sp³-hybridized carbons (Fsp3) is 0.238. The second-order valence-electron chi connectivity index (χ2n) is 6.84. The minimum Gasteiger partial charge on any atom is -0.351 e. The van der Waals surface area contributed by atoms with Crippen molar-refractivity contribution in [1.29, 1.82) is 0 Å². The molecule has 2 aromatic carbocycles. The molecule has 0 aliphatic heterocycles. The number of nitrogens with zero attached hydrogens (tertiary/aromatic N) is 1. The minimum atomic E-state index is -3.81. The average molecular weight is 446 g/mol. The summed E-state index contributed by atoms with van der Waals surface area (Å²) in [7, 11) is -2.16. The lowest BCUT2D eigenvalue weighted by molar-refractivity contribution is -0.129. The van der Waals surface area contributed by atoms with Crippen LogP contribution in [0.3, 0.4) is 0 Å². The zero-order valence-corrected chi connectivity index (χ0v) is 18.3. The SMILES string of the molecule is CC(=O)NCc1ccc(S(=O)(=O)NCC(=O)N(C)Cc2cccc3ccccc23)s1. The van der Waals surface area contributed by atoms with Gasteiger partial charge in [0.05, 0.1) is 13.1 Å². The van der Waals surface area contributed by atoms with Gasteiger partial charge < -0.3 is 10.2 Å². The van der Waals surface area contributed by atoms with E-state index in [9.17, 15) is 18.0 Å². The van der Waals surface area contributed by atoms with Crippen LogP contribution < -0.4 is 10.0 Å². The van der Waals surface area contributed by atoms with Crippen molar-refractivity contribution in [3.8, 4) is 0 Å². The highest BCUT2D eigenvalue weighted by Crippen LogP contribution is 2.22. The molecule has 3 rings (SSSR count). The van der Waals surface area contributed by atoms with Crippen molar-refractivity contribution >= 4 is 43.9 Å². The van der Waals surface area contributed by atoms with Gasteiger partial charge in [0.1, 0.15) is 4.21 Å². The van der Waals surface area contributed by atoms with Gasteiger partial charge in [-0.2, -0.15) is 0 Å². The molecule has 0 atom stereocenters. The second kappa shape index (κ2) is 9.38. The quantitative estimate of drug-likeness (QED) is 0.557. The van der Waals surface area contributed by atoms with E-state index in [0.717, 1.165) is 27.7 Å². The Bertz CT molecular complexity index is 1170. The van der Waals surface area contributed by atoms with Crippen LogP contribution in [0.4, 0.5) is 0 Å². The Hall–Kier alpha value is -2.75. The summed E-state index contributed by atoms with van der Waals surface area (Å²) in [5, 5.41) is 4.77. The first-order chi connectivity index (χ1) is 14.3. The number of rotatable bonds is 8. The van der Waals surface area contributed by atoms with Crippen molar-refractivity contribution in [3.05, 3.63) is 65.0 Å². The molecule has 0 aliphatic rings. The number of carbonyl (C=O) groups is 2. The largest absolute Gasteiger partial charge is 0.351 e. The summed E-state index contributed by atoms with van der Waals surface area (Å²) < 4.78 is 27.4. The summed E-state index contributed by atoms with van der Waals surface area (Å²) in [5.41, 5.74) is 0.993. The maximum absolute atomic E-state index is 12.5. The van der Waals surface area contributed by atoms with Crippen LogP contribution in [0.25, 0.3) is 10.8 Å². The maximum Gasteiger partial charge on any atom is 0.250 e. The summed E-state index contributed by atoms with van der Waals surface area (Å²) >= 11 is 1.06. The smallest absolute Gasteiger partial charge is 0.250 e. The number of fused-ring (bicyclic) bond motifs is 1. The molecule has 2 amide bonds. The fourth-order valence-electron chi connectivity index (χ4n) is 2.95. The Morgan fingerprint density at radius 3 is 2.53 bits per heavy atom. The summed E-state index contributed by atoms with van der Waals surface area (Å²) in [6, 6.07) is 16.9. The Morgan fingerprint density at radius 2 is 1.77 bits per heavy atom. The van der Waals surface area contributed by atoms with Crippen LogP contribution in [0, 0.1) is 0 Å². The molecule has 0 saturated carbocycles. The molecule has 30 heavy (non-hydrogen) atoms. The van der Waals surface area contributed by atoms with Gasteiger partial charge in [-0.1, -0.05) is 42.5 Å². The first kappa shape index (κ1) is 21.9. The van der Waals surface area contributed by atoms with Crippen LogP contribution in [-0.4, -0.2) is 38.7 Å². The van der Waals surface area contributed by atoms with Crippen molar-refractivity contribution in [2.45, 2.75) is 24.2 Å². The number of amides is 2. The Morgan fingerprint density at radius 1 is 1.03 bits per heavy atom. The molecule has 1 heterocycles. The number of hydrogen-bond acceptors (Lipinski definition) is 5. The molecule has 0 bridgehead atoms. The van der Waals surface area contributed by atoms with Gasteiger partial charge in [-0.05, 0) is 28.5 Å². The van der Waals surface area contributed by atoms with Gasteiger partial charge >= 0.3 is 0 Å². The molecular formula is C21H23N3O4S2. The first-order valence-corrected chi connectivity index (χ1v) is 11.6. The summed E-state index contributed by atoms with van der Waals surface area (Å²) in [5.74, 6) is -0.521. The van der Waals surface area contributed by atoms with E-state index in [-0.39, 0.29) is 29.1 Å². The van der Waals surface area contributed by atoms with E-state index in [0.29, 0.717) is 11.4 Å². The number of nitrogens with one attached hydrogen (secondary N) is 2. The fourth-order valence-corrected chi connectivity index (χ4v) is 5.26. The topological polar surface area (TPSA) is 95.6 Å². The molecular weight excluding hydrogens is 422 g/mol. The Labute approximate surface area is 179 Å². The van der Waals surface area contributed by atoms with Gasteiger partial charge in [0.2, 0.25) is 11.8 Å². The lowest BCUT2D eigenvalue weighted by atomic mass is 10.0. The Balaban J connectivity index is 1.60. The number of carbonyl (C=O) groups excluding carboxylic acids is 2. The maximum atomic E-state index is 12.5. The molecule has 0 radical (unpaired) electrons. The van der Waals surface area contributed by atoms with Crippen molar-refractivity contribution in [1.82, 2.24) is 14.9 Å². The van der Waals surface area contributed by atoms with Gasteiger partial charge in [-0.25, -0.2) is 13.1 Å². The van der Waals surface area contributed by atoms with Crippen molar-refractivity contribution in [3.63, 3.8) is 0 Å². The molecule has 9 heteroatoms. The number of sulfonamides is 1.